The summed E-state index contributed by atoms with van der Waals surface area (Å²) in [6.07, 6.45) is 7.33. The first-order valence-corrected chi connectivity index (χ1v) is 23.4. The summed E-state index contributed by atoms with van der Waals surface area (Å²) in [5.41, 5.74) is 8.51. The molecule has 65 heavy (non-hydrogen) atoms. The third kappa shape index (κ3) is 8.89. The number of amides is 2. The molecule has 0 saturated carbocycles. The Kier molecular flexibility index (Phi) is 12.8. The predicted octanol–water partition coefficient (Wildman–Crippen LogP) is 5.60. The Morgan fingerprint density at radius 1 is 0.677 bits per heavy atom. The molecule has 2 amide bonds. The Labute approximate surface area is 381 Å². The highest BCUT2D eigenvalue weighted by molar-refractivity contribution is 5.87. The van der Waals surface area contributed by atoms with Crippen molar-refractivity contribution in [3.8, 4) is 0 Å². The van der Waals surface area contributed by atoms with Crippen molar-refractivity contribution < 1.29 is 9.59 Å². The molecule has 11 rings (SSSR count). The van der Waals surface area contributed by atoms with Gasteiger partial charge in [-0.2, -0.15) is 19.2 Å². The molecule has 4 aliphatic rings. The van der Waals surface area contributed by atoms with Crippen molar-refractivity contribution in [1.29, 1.82) is 0 Å². The largest absolute Gasteiger partial charge is 0.354 e. The molecule has 0 spiro atoms. The average Bonchev–Trinajstić information content (AvgIpc) is 3.82. The molecular formula is C51H62N12O2. The van der Waals surface area contributed by atoms with Crippen LogP contribution >= 0.6 is 0 Å². The summed E-state index contributed by atoms with van der Waals surface area (Å²) in [6.45, 7) is 15.4. The van der Waals surface area contributed by atoms with Gasteiger partial charge in [0.05, 0.1) is 41.2 Å². The molecule has 4 aromatic heterocycles. The van der Waals surface area contributed by atoms with E-state index in [1.54, 1.807) is 6.20 Å². The zero-order chi connectivity index (χ0) is 45.1. The van der Waals surface area contributed by atoms with Gasteiger partial charge in [0, 0.05) is 89.0 Å². The normalized spacial score (nSPS) is 16.4. The minimum atomic E-state index is -0.395. The summed E-state index contributed by atoms with van der Waals surface area (Å²) in [5, 5.41) is 21.7. The minimum absolute atomic E-state index is 0.00306. The number of nitrogens with zero attached hydrogens (tertiary/aromatic N) is 9. The summed E-state index contributed by atoms with van der Waals surface area (Å²) in [5.74, 6) is 2.52. The monoisotopic (exact) mass is 875 g/mol. The molecule has 3 aromatic carbocycles. The van der Waals surface area contributed by atoms with E-state index >= 15 is 0 Å². The van der Waals surface area contributed by atoms with Crippen molar-refractivity contribution >= 4 is 45.5 Å². The van der Waals surface area contributed by atoms with Gasteiger partial charge < -0.3 is 30.7 Å². The van der Waals surface area contributed by atoms with E-state index in [1.807, 2.05) is 71.4 Å². The zero-order valence-electron chi connectivity index (χ0n) is 38.4. The number of hydrogen-bond acceptors (Lipinski definition) is 10. The summed E-state index contributed by atoms with van der Waals surface area (Å²) >= 11 is 0. The number of rotatable bonds is 8. The molecule has 0 aliphatic carbocycles. The van der Waals surface area contributed by atoms with Crippen molar-refractivity contribution in [3.63, 3.8) is 0 Å². The maximum absolute atomic E-state index is 13.3. The molecule has 338 valence electrons. The number of aromatic nitrogens is 6. The van der Waals surface area contributed by atoms with Gasteiger partial charge in [0.2, 0.25) is 11.8 Å². The predicted molar refractivity (Wildman–Crippen MR) is 257 cm³/mol. The molecule has 14 heteroatoms. The quantitative estimate of drug-likeness (QED) is 0.177. The lowest BCUT2D eigenvalue weighted by Gasteiger charge is -2.42. The first kappa shape index (κ1) is 43.9. The average molecular weight is 875 g/mol. The van der Waals surface area contributed by atoms with E-state index in [4.69, 9.17) is 9.97 Å². The Bertz CT molecular complexity index is 2780. The van der Waals surface area contributed by atoms with Gasteiger partial charge in [0.1, 0.15) is 11.6 Å². The van der Waals surface area contributed by atoms with Crippen LogP contribution in [-0.2, 0) is 47.4 Å². The van der Waals surface area contributed by atoms with Crippen molar-refractivity contribution in [2.75, 3.05) is 69.2 Å². The van der Waals surface area contributed by atoms with Crippen LogP contribution in [0.5, 0.6) is 0 Å². The standard InChI is InChI=1S/C26H28N6O.C23H28N6O.C2H6/c1-30(15-19-7-4-6-18-5-2-3-8-21(18)19)26(33)20-16-31(17-20)25-22-9-12-27-13-10-23(22)29-24-11-14-28-32(24)25;1-23(2,17-6-4-3-5-7-17)27-21(30)16-14-28(15-16)22-18-8-11-24-12-9-19(18)26-20-10-13-25-29(20)22;1-2/h2-8,11,14,20,27H,9-10,12-13,15-17H2,1H3;3-7,10,13,16,24H,8-9,11-12,14-15H2,1-2H3,(H,27,30);1-2H3. The minimum Gasteiger partial charge on any atom is -0.354 e. The van der Waals surface area contributed by atoms with Gasteiger partial charge in [0.25, 0.3) is 0 Å². The summed E-state index contributed by atoms with van der Waals surface area (Å²) in [7, 11) is 1.92. The number of hydrogen-bond donors (Lipinski definition) is 3. The molecule has 3 N–H and O–H groups in total. The van der Waals surface area contributed by atoms with Crippen molar-refractivity contribution in [2.24, 2.45) is 11.8 Å². The summed E-state index contributed by atoms with van der Waals surface area (Å²) in [6, 6.07) is 28.7. The van der Waals surface area contributed by atoms with Crippen LogP contribution in [0.4, 0.5) is 11.6 Å². The maximum Gasteiger partial charge on any atom is 0.229 e. The molecule has 4 aliphatic heterocycles. The zero-order valence-corrected chi connectivity index (χ0v) is 38.4. The van der Waals surface area contributed by atoms with E-state index < -0.39 is 5.54 Å². The van der Waals surface area contributed by atoms with Gasteiger partial charge in [-0.15, -0.1) is 0 Å². The number of nitrogens with one attached hydrogen (secondary N) is 3. The highest BCUT2D eigenvalue weighted by atomic mass is 16.2. The van der Waals surface area contributed by atoms with Gasteiger partial charge in [-0.05, 0) is 61.7 Å². The molecule has 0 bridgehead atoms. The van der Waals surface area contributed by atoms with Crippen LogP contribution in [0.25, 0.3) is 22.1 Å². The number of carbonyl (C=O) groups excluding carboxylic acids is 2. The maximum atomic E-state index is 13.3. The van der Waals surface area contributed by atoms with E-state index in [1.165, 1.54) is 27.5 Å². The third-order valence-corrected chi connectivity index (χ3v) is 13.2. The Morgan fingerprint density at radius 3 is 1.80 bits per heavy atom. The highest BCUT2D eigenvalue weighted by Crippen LogP contribution is 2.34. The number of anilines is 2. The number of fused-ring (bicyclic) bond motifs is 5. The topological polar surface area (TPSA) is 140 Å². The van der Waals surface area contributed by atoms with Crippen LogP contribution in [0.15, 0.2) is 97.3 Å². The second kappa shape index (κ2) is 19.0. The summed E-state index contributed by atoms with van der Waals surface area (Å²) in [4.78, 5) is 42.4. The fourth-order valence-corrected chi connectivity index (χ4v) is 9.72. The van der Waals surface area contributed by atoms with E-state index in [0.29, 0.717) is 19.6 Å². The van der Waals surface area contributed by atoms with Crippen molar-refractivity contribution in [1.82, 2.24) is 50.0 Å². The molecule has 0 radical (unpaired) electrons. The van der Waals surface area contributed by atoms with Gasteiger partial charge >= 0.3 is 0 Å². The third-order valence-electron chi connectivity index (χ3n) is 13.2. The highest BCUT2D eigenvalue weighted by Gasteiger charge is 2.39. The van der Waals surface area contributed by atoms with Crippen LogP contribution in [0.3, 0.4) is 0 Å². The number of carbonyl (C=O) groups is 2. The first-order chi connectivity index (χ1) is 31.7. The second-order valence-electron chi connectivity index (χ2n) is 17.9. The Morgan fingerprint density at radius 2 is 1.20 bits per heavy atom. The first-order valence-electron chi connectivity index (χ1n) is 23.4. The van der Waals surface area contributed by atoms with Crippen LogP contribution in [-0.4, -0.2) is 105 Å². The Hall–Kier alpha value is -6.38. The molecule has 8 heterocycles. The van der Waals surface area contributed by atoms with E-state index in [9.17, 15) is 9.59 Å². The van der Waals surface area contributed by atoms with Crippen LogP contribution in [0.2, 0.25) is 0 Å². The lowest BCUT2D eigenvalue weighted by atomic mass is 9.91. The van der Waals surface area contributed by atoms with Gasteiger partial charge in [-0.3, -0.25) is 9.59 Å². The smallest absolute Gasteiger partial charge is 0.229 e. The fraction of sp³-hybridized carbons (Fsp3) is 0.412. The summed E-state index contributed by atoms with van der Waals surface area (Å²) < 4.78 is 3.89. The Balaban J connectivity index is 0.000000159. The molecule has 2 saturated heterocycles. The van der Waals surface area contributed by atoms with E-state index in [2.05, 4.69) is 104 Å². The van der Waals surface area contributed by atoms with Gasteiger partial charge in [-0.25, -0.2) is 9.97 Å². The van der Waals surface area contributed by atoms with E-state index in [0.717, 1.165) is 105 Å². The van der Waals surface area contributed by atoms with Crippen LogP contribution in [0.1, 0.15) is 61.3 Å². The lowest BCUT2D eigenvalue weighted by Crippen LogP contribution is -2.57. The van der Waals surface area contributed by atoms with Gasteiger partial charge in [-0.1, -0.05) is 86.6 Å². The SMILES string of the molecule is CC.CC(C)(NC(=O)C1CN(c2c3c(nc4ccnn24)CCNCC3)C1)c1ccccc1.CN(Cc1cccc2ccccc12)C(=O)C1CN(c2c3c(nc4ccnn24)CCNCC3)C1. The lowest BCUT2D eigenvalue weighted by molar-refractivity contribution is -0.135. The molecule has 0 unspecified atom stereocenters. The van der Waals surface area contributed by atoms with Crippen LogP contribution in [0, 0.1) is 11.8 Å². The van der Waals surface area contributed by atoms with Crippen molar-refractivity contribution in [2.45, 2.75) is 65.5 Å². The van der Waals surface area contributed by atoms with Gasteiger partial charge in [0.15, 0.2) is 11.3 Å². The fourth-order valence-electron chi connectivity index (χ4n) is 9.72. The molecule has 7 aromatic rings. The van der Waals surface area contributed by atoms with E-state index in [-0.39, 0.29) is 23.7 Å². The molecule has 0 atom stereocenters. The molecule has 2 fully saturated rings. The molecule has 14 nitrogen and oxygen atoms in total. The van der Waals surface area contributed by atoms with Crippen molar-refractivity contribution in [3.05, 3.63) is 131 Å². The van der Waals surface area contributed by atoms with Crippen LogP contribution < -0.4 is 25.8 Å². The number of benzene rings is 3. The molecular weight excluding hydrogens is 813 g/mol. The second-order valence-corrected chi connectivity index (χ2v) is 17.9.